The van der Waals surface area contributed by atoms with Crippen molar-refractivity contribution in [2.24, 2.45) is 0 Å². The molecule has 0 atom stereocenters. The second-order valence-electron chi connectivity index (χ2n) is 7.07. The van der Waals surface area contributed by atoms with Crippen molar-refractivity contribution in [3.8, 4) is 0 Å². The van der Waals surface area contributed by atoms with E-state index in [-0.39, 0.29) is 12.2 Å². The molecule has 1 saturated heterocycles. The van der Waals surface area contributed by atoms with E-state index in [1.165, 1.54) is 12.4 Å². The van der Waals surface area contributed by atoms with Gasteiger partial charge in [0.15, 0.2) is 0 Å². The molecular formula is C21H19F3N4O3. The summed E-state index contributed by atoms with van der Waals surface area (Å²) in [5.41, 5.74) is -0.281. The Labute approximate surface area is 175 Å². The predicted molar refractivity (Wildman–Crippen MR) is 109 cm³/mol. The van der Waals surface area contributed by atoms with Gasteiger partial charge < -0.3 is 15.0 Å². The molecule has 1 amide bonds. The third-order valence-electron chi connectivity index (χ3n) is 5.00. The third kappa shape index (κ3) is 4.53. The Balaban J connectivity index is 1.62. The summed E-state index contributed by atoms with van der Waals surface area (Å²) in [6.07, 6.45) is -3.30. The lowest BCUT2D eigenvalue weighted by Gasteiger charge is -2.31. The molecule has 0 spiro atoms. The van der Waals surface area contributed by atoms with Gasteiger partial charge >= 0.3 is 6.18 Å². The third-order valence-corrected chi connectivity index (χ3v) is 5.00. The molecule has 0 bridgehead atoms. The van der Waals surface area contributed by atoms with Gasteiger partial charge in [0, 0.05) is 13.1 Å². The largest absolute Gasteiger partial charge is 0.416 e. The van der Waals surface area contributed by atoms with Gasteiger partial charge in [-0.05, 0) is 30.3 Å². The summed E-state index contributed by atoms with van der Waals surface area (Å²) < 4.78 is 46.1. The molecule has 0 radical (unpaired) electrons. The Morgan fingerprint density at radius 3 is 2.61 bits per heavy atom. The Morgan fingerprint density at radius 2 is 1.87 bits per heavy atom. The normalized spacial score (nSPS) is 14.6. The Bertz CT molecular complexity index is 1170. The van der Waals surface area contributed by atoms with Crippen LogP contribution in [0.1, 0.15) is 5.56 Å². The van der Waals surface area contributed by atoms with Crippen molar-refractivity contribution in [1.29, 1.82) is 0 Å². The number of ether oxygens (including phenoxy) is 1. The van der Waals surface area contributed by atoms with Crippen LogP contribution in [-0.2, 0) is 22.3 Å². The number of benzene rings is 2. The molecule has 0 unspecified atom stereocenters. The minimum Gasteiger partial charge on any atom is -0.378 e. The molecule has 0 saturated carbocycles. The molecule has 3 aromatic rings. The van der Waals surface area contributed by atoms with Gasteiger partial charge in [-0.3, -0.25) is 14.2 Å². The molecule has 1 fully saturated rings. The number of para-hydroxylation sites is 1. The molecule has 2 aromatic carbocycles. The maximum atomic E-state index is 13.2. The summed E-state index contributed by atoms with van der Waals surface area (Å²) in [7, 11) is 0. The minimum absolute atomic E-state index is 0.0310. The Kier molecular flexibility index (Phi) is 5.64. The predicted octanol–water partition coefficient (Wildman–Crippen LogP) is 2.89. The quantitative estimate of drug-likeness (QED) is 0.686. The number of carbonyl (C=O) groups excluding carboxylic acids is 1. The van der Waals surface area contributed by atoms with Crippen LogP contribution in [0.4, 0.5) is 24.5 Å². The lowest BCUT2D eigenvalue weighted by atomic mass is 10.1. The molecule has 1 aromatic heterocycles. The lowest BCUT2D eigenvalue weighted by Crippen LogP contribution is -2.37. The van der Waals surface area contributed by atoms with Crippen LogP contribution in [0.5, 0.6) is 0 Å². The fraction of sp³-hybridized carbons (Fsp3) is 0.286. The average Bonchev–Trinajstić information content (AvgIpc) is 2.76. The molecule has 0 aliphatic carbocycles. The summed E-state index contributed by atoms with van der Waals surface area (Å²) in [5.74, 6) is -0.631. The average molecular weight is 432 g/mol. The summed E-state index contributed by atoms with van der Waals surface area (Å²) in [6, 6.07) is 9.94. The van der Waals surface area contributed by atoms with E-state index in [0.717, 1.165) is 16.7 Å². The van der Waals surface area contributed by atoms with Crippen molar-refractivity contribution in [3.05, 3.63) is 64.7 Å². The summed E-state index contributed by atoms with van der Waals surface area (Å²) in [6.45, 7) is 1.47. The van der Waals surface area contributed by atoms with Gasteiger partial charge in [-0.25, -0.2) is 4.98 Å². The van der Waals surface area contributed by atoms with Gasteiger partial charge in [0.2, 0.25) is 5.91 Å². The van der Waals surface area contributed by atoms with Gasteiger partial charge in [-0.15, -0.1) is 0 Å². The number of amides is 1. The van der Waals surface area contributed by atoms with Crippen LogP contribution < -0.4 is 15.8 Å². The van der Waals surface area contributed by atoms with Crippen molar-refractivity contribution < 1.29 is 22.7 Å². The number of halogens is 3. The summed E-state index contributed by atoms with van der Waals surface area (Å²) >= 11 is 0. The lowest BCUT2D eigenvalue weighted by molar-refractivity contribution is -0.137. The number of nitrogens with one attached hydrogen (secondary N) is 1. The van der Waals surface area contributed by atoms with Crippen LogP contribution in [0.25, 0.3) is 10.9 Å². The van der Waals surface area contributed by atoms with Crippen LogP contribution in [0, 0.1) is 0 Å². The monoisotopic (exact) mass is 432 g/mol. The first-order valence-corrected chi connectivity index (χ1v) is 9.61. The van der Waals surface area contributed by atoms with Crippen molar-refractivity contribution in [2.75, 3.05) is 36.5 Å². The van der Waals surface area contributed by atoms with Crippen LogP contribution in [0.2, 0.25) is 0 Å². The SMILES string of the molecule is O=C(Cn1cnc2ccccc2c1=O)Nc1cc(C(F)(F)F)ccc1N1CCOCC1. The molecule has 2 heterocycles. The fourth-order valence-corrected chi connectivity index (χ4v) is 3.46. The number of aromatic nitrogens is 2. The molecule has 7 nitrogen and oxygen atoms in total. The number of alkyl halides is 3. The van der Waals surface area contributed by atoms with Crippen molar-refractivity contribution >= 4 is 28.2 Å². The second kappa shape index (κ2) is 8.38. The van der Waals surface area contributed by atoms with Gasteiger partial charge in [0.25, 0.3) is 5.56 Å². The zero-order valence-electron chi connectivity index (χ0n) is 16.4. The highest BCUT2D eigenvalue weighted by Gasteiger charge is 2.32. The first kappa shape index (κ1) is 20.9. The highest BCUT2D eigenvalue weighted by Crippen LogP contribution is 2.35. The zero-order chi connectivity index (χ0) is 22.0. The molecule has 4 rings (SSSR count). The standard InChI is InChI=1S/C21H19F3N4O3/c22-21(23,24)14-5-6-18(27-7-9-31-10-8-27)17(11-14)26-19(29)12-28-13-25-16-4-2-1-3-15(16)20(28)30/h1-6,11,13H,7-10,12H2,(H,26,29). The molecule has 1 aliphatic rings. The van der Waals surface area contributed by atoms with E-state index in [1.54, 1.807) is 24.3 Å². The molecule has 10 heteroatoms. The first-order valence-electron chi connectivity index (χ1n) is 9.61. The van der Waals surface area contributed by atoms with E-state index >= 15 is 0 Å². The summed E-state index contributed by atoms with van der Waals surface area (Å²) in [4.78, 5) is 31.2. The smallest absolute Gasteiger partial charge is 0.378 e. The number of rotatable bonds is 4. The molecule has 162 valence electrons. The summed E-state index contributed by atoms with van der Waals surface area (Å²) in [5, 5.41) is 2.89. The van der Waals surface area contributed by atoms with Crippen LogP contribution in [0.15, 0.2) is 53.6 Å². The van der Waals surface area contributed by atoms with E-state index in [1.807, 2.05) is 4.90 Å². The maximum Gasteiger partial charge on any atom is 0.416 e. The Morgan fingerprint density at radius 1 is 1.13 bits per heavy atom. The van der Waals surface area contributed by atoms with Crippen molar-refractivity contribution in [2.45, 2.75) is 12.7 Å². The number of nitrogens with zero attached hydrogens (tertiary/aromatic N) is 3. The Hall–Kier alpha value is -3.40. The van der Waals surface area contributed by atoms with E-state index < -0.39 is 23.2 Å². The zero-order valence-corrected chi connectivity index (χ0v) is 16.4. The van der Waals surface area contributed by atoms with Gasteiger partial charge in [-0.2, -0.15) is 13.2 Å². The minimum atomic E-state index is -4.55. The van der Waals surface area contributed by atoms with Crippen LogP contribution in [-0.4, -0.2) is 41.8 Å². The van der Waals surface area contributed by atoms with E-state index in [0.29, 0.717) is 42.9 Å². The van der Waals surface area contributed by atoms with E-state index in [4.69, 9.17) is 4.74 Å². The van der Waals surface area contributed by atoms with Gasteiger partial charge in [0.1, 0.15) is 6.54 Å². The molecule has 31 heavy (non-hydrogen) atoms. The fourth-order valence-electron chi connectivity index (χ4n) is 3.46. The molecule has 1 N–H and O–H groups in total. The van der Waals surface area contributed by atoms with Crippen molar-refractivity contribution in [1.82, 2.24) is 9.55 Å². The number of morpholine rings is 1. The number of anilines is 2. The topological polar surface area (TPSA) is 76.5 Å². The number of hydrogen-bond donors (Lipinski definition) is 1. The first-order chi connectivity index (χ1) is 14.8. The van der Waals surface area contributed by atoms with Crippen molar-refractivity contribution in [3.63, 3.8) is 0 Å². The van der Waals surface area contributed by atoms with Crippen LogP contribution in [0.3, 0.4) is 0 Å². The van der Waals surface area contributed by atoms with Crippen LogP contribution >= 0.6 is 0 Å². The second-order valence-corrected chi connectivity index (χ2v) is 7.07. The van der Waals surface area contributed by atoms with E-state index in [9.17, 15) is 22.8 Å². The maximum absolute atomic E-state index is 13.2. The van der Waals surface area contributed by atoms with Gasteiger partial charge in [-0.1, -0.05) is 12.1 Å². The molecule has 1 aliphatic heterocycles. The number of hydrogen-bond acceptors (Lipinski definition) is 5. The number of carbonyl (C=O) groups is 1. The highest BCUT2D eigenvalue weighted by atomic mass is 19.4. The number of fused-ring (bicyclic) bond motifs is 1. The molecular weight excluding hydrogens is 413 g/mol. The van der Waals surface area contributed by atoms with E-state index in [2.05, 4.69) is 10.3 Å². The van der Waals surface area contributed by atoms with Gasteiger partial charge in [0.05, 0.1) is 47.4 Å². The highest BCUT2D eigenvalue weighted by molar-refractivity contribution is 5.94.